The van der Waals surface area contributed by atoms with Crippen molar-refractivity contribution in [1.82, 2.24) is 4.98 Å². The molecule has 0 atom stereocenters. The van der Waals surface area contributed by atoms with Gasteiger partial charge in [0.1, 0.15) is 4.88 Å². The molecular formula is C12H12BrN3OS. The maximum absolute atomic E-state index is 12.1. The van der Waals surface area contributed by atoms with Gasteiger partial charge in [-0.2, -0.15) is 0 Å². The zero-order valence-electron chi connectivity index (χ0n) is 9.95. The molecule has 0 aliphatic rings. The van der Waals surface area contributed by atoms with Crippen LogP contribution in [0, 0.1) is 13.8 Å². The number of nitrogens with zero attached hydrogens (tertiary/aromatic N) is 1. The SMILES string of the molecule is Cc1ccc(NC(=O)c2sc(N)nc2C)c(Br)c1. The topological polar surface area (TPSA) is 68.0 Å². The molecule has 0 aliphatic carbocycles. The van der Waals surface area contributed by atoms with Crippen molar-refractivity contribution in [3.8, 4) is 0 Å². The summed E-state index contributed by atoms with van der Waals surface area (Å²) in [6.45, 7) is 3.76. The summed E-state index contributed by atoms with van der Waals surface area (Å²) in [4.78, 5) is 16.6. The van der Waals surface area contributed by atoms with E-state index >= 15 is 0 Å². The molecule has 1 amide bonds. The van der Waals surface area contributed by atoms with Crippen molar-refractivity contribution in [2.45, 2.75) is 13.8 Å². The van der Waals surface area contributed by atoms with Crippen LogP contribution >= 0.6 is 27.3 Å². The molecule has 1 aromatic heterocycles. The van der Waals surface area contributed by atoms with E-state index in [0.29, 0.717) is 15.7 Å². The van der Waals surface area contributed by atoms with Crippen LogP contribution in [0.1, 0.15) is 20.9 Å². The van der Waals surface area contributed by atoms with Gasteiger partial charge in [0.15, 0.2) is 5.13 Å². The van der Waals surface area contributed by atoms with Gasteiger partial charge in [-0.1, -0.05) is 17.4 Å². The van der Waals surface area contributed by atoms with E-state index in [2.05, 4.69) is 26.2 Å². The normalized spacial score (nSPS) is 10.4. The van der Waals surface area contributed by atoms with Crippen molar-refractivity contribution in [2.75, 3.05) is 11.1 Å². The predicted octanol–water partition coefficient (Wildman–Crippen LogP) is 3.36. The minimum Gasteiger partial charge on any atom is -0.375 e. The summed E-state index contributed by atoms with van der Waals surface area (Å²) in [6.07, 6.45) is 0. The zero-order valence-corrected chi connectivity index (χ0v) is 12.4. The maximum atomic E-state index is 12.1. The number of nitrogens with two attached hydrogens (primary N) is 1. The van der Waals surface area contributed by atoms with E-state index in [1.807, 2.05) is 25.1 Å². The molecule has 0 saturated carbocycles. The largest absolute Gasteiger partial charge is 0.375 e. The number of halogens is 1. The number of nitrogens with one attached hydrogen (secondary N) is 1. The van der Waals surface area contributed by atoms with Crippen LogP contribution in [0.3, 0.4) is 0 Å². The lowest BCUT2D eigenvalue weighted by Gasteiger charge is -2.07. The molecule has 0 unspecified atom stereocenters. The minimum atomic E-state index is -0.189. The Labute approximate surface area is 117 Å². The van der Waals surface area contributed by atoms with Gasteiger partial charge in [0, 0.05) is 4.47 Å². The Hall–Kier alpha value is -1.40. The van der Waals surface area contributed by atoms with Gasteiger partial charge < -0.3 is 11.1 Å². The number of hydrogen-bond donors (Lipinski definition) is 2. The number of amides is 1. The molecule has 0 bridgehead atoms. The third kappa shape index (κ3) is 2.70. The second-order valence-electron chi connectivity index (χ2n) is 3.90. The summed E-state index contributed by atoms with van der Waals surface area (Å²) in [7, 11) is 0. The fourth-order valence-electron chi connectivity index (χ4n) is 1.53. The van der Waals surface area contributed by atoms with Crippen molar-refractivity contribution in [2.24, 2.45) is 0 Å². The lowest BCUT2D eigenvalue weighted by molar-refractivity contribution is 0.102. The first kappa shape index (κ1) is 13.0. The average molecular weight is 326 g/mol. The fraction of sp³-hybridized carbons (Fsp3) is 0.167. The lowest BCUT2D eigenvalue weighted by Crippen LogP contribution is -2.12. The first-order valence-electron chi connectivity index (χ1n) is 5.28. The van der Waals surface area contributed by atoms with Crippen molar-refractivity contribution in [3.63, 3.8) is 0 Å². The van der Waals surface area contributed by atoms with Crippen LogP contribution in [-0.2, 0) is 0 Å². The molecule has 0 fully saturated rings. The molecule has 1 aromatic carbocycles. The number of benzene rings is 1. The molecule has 4 nitrogen and oxygen atoms in total. The Morgan fingerprint density at radius 2 is 2.17 bits per heavy atom. The molecule has 0 aliphatic heterocycles. The molecule has 18 heavy (non-hydrogen) atoms. The van der Waals surface area contributed by atoms with Crippen LogP contribution in [0.4, 0.5) is 10.8 Å². The summed E-state index contributed by atoms with van der Waals surface area (Å²) in [6, 6.07) is 5.74. The highest BCUT2D eigenvalue weighted by Gasteiger charge is 2.15. The second kappa shape index (κ2) is 5.07. The maximum Gasteiger partial charge on any atom is 0.267 e. The van der Waals surface area contributed by atoms with Crippen LogP contribution in [-0.4, -0.2) is 10.9 Å². The van der Waals surface area contributed by atoms with E-state index in [1.54, 1.807) is 6.92 Å². The standard InChI is InChI=1S/C12H12BrN3OS/c1-6-3-4-9(8(13)5-6)16-11(17)10-7(2)15-12(14)18-10/h3-5H,1-2H3,(H2,14,15)(H,16,17). The Balaban J connectivity index is 2.24. The number of aromatic nitrogens is 1. The molecule has 2 aromatic rings. The number of rotatable bonds is 2. The molecule has 1 heterocycles. The Kier molecular flexibility index (Phi) is 3.68. The number of carbonyl (C=O) groups excluding carboxylic acids is 1. The van der Waals surface area contributed by atoms with Gasteiger partial charge in [0.25, 0.3) is 5.91 Å². The first-order chi connectivity index (χ1) is 8.47. The third-order valence-corrected chi connectivity index (χ3v) is 4.03. The van der Waals surface area contributed by atoms with Gasteiger partial charge in [-0.25, -0.2) is 4.98 Å². The highest BCUT2D eigenvalue weighted by atomic mass is 79.9. The van der Waals surface area contributed by atoms with Crippen molar-refractivity contribution in [3.05, 3.63) is 38.8 Å². The Morgan fingerprint density at radius 1 is 1.44 bits per heavy atom. The van der Waals surface area contributed by atoms with Crippen LogP contribution in [0.5, 0.6) is 0 Å². The second-order valence-corrected chi connectivity index (χ2v) is 5.79. The third-order valence-electron chi connectivity index (χ3n) is 2.39. The monoisotopic (exact) mass is 325 g/mol. The van der Waals surface area contributed by atoms with Gasteiger partial charge in [-0.3, -0.25) is 4.79 Å². The minimum absolute atomic E-state index is 0.189. The van der Waals surface area contributed by atoms with Gasteiger partial charge in [0.2, 0.25) is 0 Å². The van der Waals surface area contributed by atoms with Gasteiger partial charge in [-0.05, 0) is 47.5 Å². The smallest absolute Gasteiger partial charge is 0.267 e. The Morgan fingerprint density at radius 3 is 2.72 bits per heavy atom. The number of anilines is 2. The molecule has 94 valence electrons. The van der Waals surface area contributed by atoms with Gasteiger partial charge in [0.05, 0.1) is 11.4 Å². The van der Waals surface area contributed by atoms with Crippen molar-refractivity contribution in [1.29, 1.82) is 0 Å². The van der Waals surface area contributed by atoms with E-state index < -0.39 is 0 Å². The number of nitrogen functional groups attached to an aromatic ring is 1. The molecule has 2 rings (SSSR count). The van der Waals surface area contributed by atoms with E-state index in [1.165, 1.54) is 11.3 Å². The molecular weight excluding hydrogens is 314 g/mol. The van der Waals surface area contributed by atoms with Crippen LogP contribution in [0.15, 0.2) is 22.7 Å². The van der Waals surface area contributed by atoms with Crippen LogP contribution in [0.25, 0.3) is 0 Å². The van der Waals surface area contributed by atoms with Gasteiger partial charge >= 0.3 is 0 Å². The van der Waals surface area contributed by atoms with E-state index in [4.69, 9.17) is 5.73 Å². The zero-order chi connectivity index (χ0) is 13.3. The van der Waals surface area contributed by atoms with Crippen molar-refractivity contribution >= 4 is 44.0 Å². The molecule has 0 saturated heterocycles. The number of thiazole rings is 1. The number of hydrogen-bond acceptors (Lipinski definition) is 4. The first-order valence-corrected chi connectivity index (χ1v) is 6.88. The van der Waals surface area contributed by atoms with Crippen LogP contribution < -0.4 is 11.1 Å². The molecule has 0 spiro atoms. The highest BCUT2D eigenvalue weighted by molar-refractivity contribution is 9.10. The number of carbonyl (C=O) groups is 1. The average Bonchev–Trinajstić information content (AvgIpc) is 2.62. The Bertz CT molecular complexity index is 609. The number of aryl methyl sites for hydroxylation is 2. The molecule has 0 radical (unpaired) electrons. The van der Waals surface area contributed by atoms with E-state index in [-0.39, 0.29) is 5.91 Å². The summed E-state index contributed by atoms with van der Waals surface area (Å²) >= 11 is 4.61. The summed E-state index contributed by atoms with van der Waals surface area (Å²) < 4.78 is 0.853. The highest BCUT2D eigenvalue weighted by Crippen LogP contribution is 2.26. The molecule has 3 N–H and O–H groups in total. The van der Waals surface area contributed by atoms with Crippen molar-refractivity contribution < 1.29 is 4.79 Å². The summed E-state index contributed by atoms with van der Waals surface area (Å²) in [5.41, 5.74) is 8.09. The van der Waals surface area contributed by atoms with E-state index in [9.17, 15) is 4.79 Å². The summed E-state index contributed by atoms with van der Waals surface area (Å²) in [5.74, 6) is -0.189. The summed E-state index contributed by atoms with van der Waals surface area (Å²) in [5, 5.41) is 3.24. The molecule has 6 heteroatoms. The predicted molar refractivity (Wildman–Crippen MR) is 78.1 cm³/mol. The fourth-order valence-corrected chi connectivity index (χ4v) is 2.85. The van der Waals surface area contributed by atoms with Crippen LogP contribution in [0.2, 0.25) is 0 Å². The quantitative estimate of drug-likeness (QED) is 0.889. The van der Waals surface area contributed by atoms with E-state index in [0.717, 1.165) is 15.7 Å². The lowest BCUT2D eigenvalue weighted by atomic mass is 10.2. The van der Waals surface area contributed by atoms with Gasteiger partial charge in [-0.15, -0.1) is 0 Å².